The molecule has 2 aromatic carbocycles. The van der Waals surface area contributed by atoms with Gasteiger partial charge in [-0.05, 0) is 18.1 Å². The summed E-state index contributed by atoms with van der Waals surface area (Å²) in [5.41, 5.74) is 5.21. The lowest BCUT2D eigenvalue weighted by Gasteiger charge is -2.36. The van der Waals surface area contributed by atoms with E-state index in [1.165, 1.54) is 24.4 Å². The lowest BCUT2D eigenvalue weighted by atomic mass is 10.1. The van der Waals surface area contributed by atoms with Gasteiger partial charge in [0.25, 0.3) is 0 Å². The Bertz CT molecular complexity index is 671. The molecule has 3 rings (SSSR count). The zero-order valence-corrected chi connectivity index (χ0v) is 15.0. The Kier molecular flexibility index (Phi) is 4.35. The van der Waals surface area contributed by atoms with Crippen LogP contribution in [-0.2, 0) is 0 Å². The average Bonchev–Trinajstić information content (AvgIpc) is 2.90. The van der Waals surface area contributed by atoms with Gasteiger partial charge < -0.3 is 0 Å². The number of fused-ring (bicyclic) bond motifs is 1. The summed E-state index contributed by atoms with van der Waals surface area (Å²) in [6.07, 6.45) is 5.04. The van der Waals surface area contributed by atoms with Crippen molar-refractivity contribution in [2.24, 2.45) is 0 Å². The molecule has 0 saturated heterocycles. The number of hydrogen-bond donors (Lipinski definition) is 0. The predicted octanol–water partition coefficient (Wildman–Crippen LogP) is 5.51. The Morgan fingerprint density at radius 3 is 2.36 bits per heavy atom. The van der Waals surface area contributed by atoms with Crippen LogP contribution in [0, 0.1) is 0 Å². The number of hydrogen-bond acceptors (Lipinski definition) is 0. The van der Waals surface area contributed by atoms with E-state index < -0.39 is 8.07 Å². The smallest absolute Gasteiger partial charge is 0.0675 e. The zero-order chi connectivity index (χ0) is 15.6. The Labute approximate surface area is 135 Å². The molecule has 1 aliphatic rings. The molecule has 0 aromatic heterocycles. The lowest BCUT2D eigenvalue weighted by Crippen LogP contribution is -2.50. The second-order valence-corrected chi connectivity index (χ2v) is 11.3. The molecule has 1 aliphatic carbocycles. The first-order valence-electron chi connectivity index (χ1n) is 8.49. The molecule has 0 spiro atoms. The molecule has 22 heavy (non-hydrogen) atoms. The van der Waals surface area contributed by atoms with Gasteiger partial charge >= 0.3 is 0 Å². The molecule has 114 valence electrons. The topological polar surface area (TPSA) is 0 Å². The second-order valence-electron chi connectivity index (χ2n) is 6.84. The van der Waals surface area contributed by atoms with Crippen molar-refractivity contribution in [1.82, 2.24) is 0 Å². The Balaban J connectivity index is 2.09. The van der Waals surface area contributed by atoms with Crippen LogP contribution in [-0.4, -0.2) is 8.07 Å². The van der Waals surface area contributed by atoms with Gasteiger partial charge in [0.2, 0.25) is 0 Å². The molecular weight excluding hydrogens is 280 g/mol. The minimum Gasteiger partial charge on any atom is -0.0675 e. The van der Waals surface area contributed by atoms with Crippen LogP contribution in [0.4, 0.5) is 0 Å². The van der Waals surface area contributed by atoms with Gasteiger partial charge in [0.05, 0.1) is 8.07 Å². The van der Waals surface area contributed by atoms with E-state index in [1.54, 1.807) is 16.3 Å². The van der Waals surface area contributed by atoms with Crippen molar-refractivity contribution in [3.05, 3.63) is 71.3 Å². The van der Waals surface area contributed by atoms with Crippen LogP contribution in [0.1, 0.15) is 43.4 Å². The summed E-state index contributed by atoms with van der Waals surface area (Å²) in [6.45, 7) is 7.25. The standard InChI is InChI=1S/C21H26Si/c1-4-5-15-22(3,19-12-7-6-8-13-19)21-17(2)16-18-11-9-10-14-20(18)21/h6-14,16,21H,4-5,15H2,1-3H3. The molecule has 0 heterocycles. The van der Waals surface area contributed by atoms with E-state index in [9.17, 15) is 0 Å². The van der Waals surface area contributed by atoms with Crippen LogP contribution in [0.3, 0.4) is 0 Å². The Morgan fingerprint density at radius 2 is 1.64 bits per heavy atom. The third-order valence-corrected chi connectivity index (χ3v) is 10.4. The monoisotopic (exact) mass is 306 g/mol. The van der Waals surface area contributed by atoms with Crippen molar-refractivity contribution in [3.8, 4) is 0 Å². The summed E-state index contributed by atoms with van der Waals surface area (Å²) in [7, 11) is -1.60. The molecule has 0 amide bonds. The molecule has 2 atom stereocenters. The van der Waals surface area contributed by atoms with E-state index in [-0.39, 0.29) is 0 Å². The van der Waals surface area contributed by atoms with Crippen LogP contribution in [0.2, 0.25) is 12.6 Å². The summed E-state index contributed by atoms with van der Waals surface area (Å²) >= 11 is 0. The third kappa shape index (κ3) is 2.59. The van der Waals surface area contributed by atoms with E-state index >= 15 is 0 Å². The number of allylic oxidation sites excluding steroid dienone is 1. The summed E-state index contributed by atoms with van der Waals surface area (Å²) in [4.78, 5) is 0. The van der Waals surface area contributed by atoms with Crippen molar-refractivity contribution < 1.29 is 0 Å². The normalized spacial score (nSPS) is 19.4. The molecule has 0 bridgehead atoms. The minimum atomic E-state index is -1.60. The minimum absolute atomic E-state index is 0.637. The van der Waals surface area contributed by atoms with Crippen molar-refractivity contribution in [1.29, 1.82) is 0 Å². The maximum absolute atomic E-state index is 2.60. The largest absolute Gasteiger partial charge is 0.0952 e. The molecular formula is C21H26Si. The Morgan fingerprint density at radius 1 is 0.955 bits per heavy atom. The van der Waals surface area contributed by atoms with E-state index in [0.717, 1.165) is 0 Å². The molecule has 0 aliphatic heterocycles. The highest BCUT2D eigenvalue weighted by atomic mass is 28.3. The lowest BCUT2D eigenvalue weighted by molar-refractivity contribution is 0.856. The maximum atomic E-state index is 2.60. The van der Waals surface area contributed by atoms with Gasteiger partial charge in [-0.25, -0.2) is 0 Å². The summed E-state index contributed by atoms with van der Waals surface area (Å²) in [5, 5.41) is 1.61. The zero-order valence-electron chi connectivity index (χ0n) is 14.0. The molecule has 0 saturated carbocycles. The highest BCUT2D eigenvalue weighted by Gasteiger charge is 2.42. The van der Waals surface area contributed by atoms with Crippen LogP contribution < -0.4 is 5.19 Å². The van der Waals surface area contributed by atoms with Gasteiger partial charge in [0, 0.05) is 5.54 Å². The van der Waals surface area contributed by atoms with Gasteiger partial charge in [0.1, 0.15) is 0 Å². The maximum Gasteiger partial charge on any atom is 0.0952 e. The van der Waals surface area contributed by atoms with Gasteiger partial charge in [-0.1, -0.05) is 104 Å². The van der Waals surface area contributed by atoms with Crippen molar-refractivity contribution in [2.45, 2.75) is 44.8 Å². The second kappa shape index (κ2) is 6.25. The van der Waals surface area contributed by atoms with E-state index in [0.29, 0.717) is 5.54 Å². The van der Waals surface area contributed by atoms with Gasteiger partial charge in [-0.15, -0.1) is 0 Å². The van der Waals surface area contributed by atoms with E-state index in [2.05, 4.69) is 81.1 Å². The van der Waals surface area contributed by atoms with Crippen molar-refractivity contribution >= 4 is 19.3 Å². The van der Waals surface area contributed by atoms with E-state index in [4.69, 9.17) is 0 Å². The van der Waals surface area contributed by atoms with Crippen LogP contribution in [0.5, 0.6) is 0 Å². The fourth-order valence-corrected chi connectivity index (χ4v) is 9.13. The highest BCUT2D eigenvalue weighted by Crippen LogP contribution is 2.43. The van der Waals surface area contributed by atoms with Crippen molar-refractivity contribution in [2.75, 3.05) is 0 Å². The van der Waals surface area contributed by atoms with Crippen LogP contribution in [0.15, 0.2) is 60.2 Å². The SMILES string of the molecule is CCCC[Si](C)(c1ccccc1)C1C(C)=Cc2ccccc21. The molecule has 0 fully saturated rings. The summed E-state index contributed by atoms with van der Waals surface area (Å²) in [5.74, 6) is 0. The van der Waals surface area contributed by atoms with Crippen LogP contribution >= 0.6 is 0 Å². The fraction of sp³-hybridized carbons (Fsp3) is 0.333. The fourth-order valence-electron chi connectivity index (χ4n) is 4.14. The predicted molar refractivity (Wildman–Crippen MR) is 100 cm³/mol. The summed E-state index contributed by atoms with van der Waals surface area (Å²) < 4.78 is 0. The van der Waals surface area contributed by atoms with Gasteiger partial charge in [0.15, 0.2) is 0 Å². The number of rotatable bonds is 5. The van der Waals surface area contributed by atoms with Crippen molar-refractivity contribution in [3.63, 3.8) is 0 Å². The average molecular weight is 307 g/mol. The molecule has 1 heteroatoms. The quantitative estimate of drug-likeness (QED) is 0.639. The molecule has 2 aromatic rings. The molecule has 0 N–H and O–H groups in total. The third-order valence-electron chi connectivity index (χ3n) is 5.27. The highest BCUT2D eigenvalue weighted by molar-refractivity contribution is 6.92. The van der Waals surface area contributed by atoms with Gasteiger partial charge in [-0.2, -0.15) is 0 Å². The van der Waals surface area contributed by atoms with E-state index in [1.807, 2.05) is 0 Å². The molecule has 0 radical (unpaired) electrons. The van der Waals surface area contributed by atoms with Gasteiger partial charge in [-0.3, -0.25) is 0 Å². The Hall–Kier alpha value is -1.60. The molecule has 0 nitrogen and oxygen atoms in total. The number of benzene rings is 2. The molecule has 2 unspecified atom stereocenters. The van der Waals surface area contributed by atoms with Crippen LogP contribution in [0.25, 0.3) is 6.08 Å². The first-order valence-corrected chi connectivity index (χ1v) is 11.3. The summed E-state index contributed by atoms with van der Waals surface area (Å²) in [6, 6.07) is 21.7. The first-order chi connectivity index (χ1) is 10.7. The first kappa shape index (κ1) is 15.3. The number of unbranched alkanes of at least 4 members (excludes halogenated alkanes) is 1.